The fraction of sp³-hybridized carbons (Fsp3) is 0.600. The fourth-order valence-corrected chi connectivity index (χ4v) is 0.908. The van der Waals surface area contributed by atoms with Gasteiger partial charge >= 0.3 is 5.97 Å². The molecule has 0 spiro atoms. The second-order valence-corrected chi connectivity index (χ2v) is 5.83. The molecule has 0 atom stereocenters. The average molecular weight is 389 g/mol. The van der Waals surface area contributed by atoms with E-state index in [0.29, 0.717) is 0 Å². The molecule has 0 saturated heterocycles. The van der Waals surface area contributed by atoms with Crippen molar-refractivity contribution in [2.45, 2.75) is 59.9 Å². The van der Waals surface area contributed by atoms with Gasteiger partial charge in [-0.3, -0.25) is 0 Å². The van der Waals surface area contributed by atoms with Crippen molar-refractivity contribution in [3.63, 3.8) is 0 Å². The Morgan fingerprint density at radius 3 is 1.46 bits per heavy atom. The third kappa shape index (κ3) is 29.1. The Hall–Kier alpha value is -0.960. The predicted molar refractivity (Wildman–Crippen MR) is 98.3 cm³/mol. The molecule has 1 aromatic rings. The molecule has 24 heavy (non-hydrogen) atoms. The normalized spacial score (nSPS) is 8.92. The van der Waals surface area contributed by atoms with E-state index in [1.165, 1.54) is 12.3 Å². The van der Waals surface area contributed by atoms with Crippen molar-refractivity contribution in [2.75, 3.05) is 0 Å². The second-order valence-electron chi connectivity index (χ2n) is 5.04. The first kappa shape index (κ1) is 30.9. The summed E-state index contributed by atoms with van der Waals surface area (Å²) in [6.45, 7) is 10.3. The van der Waals surface area contributed by atoms with Crippen LogP contribution in [0.25, 0.3) is 0 Å². The Morgan fingerprint density at radius 1 is 0.958 bits per heavy atom. The number of pyridine rings is 1. The van der Waals surface area contributed by atoms with Gasteiger partial charge in [0.25, 0.3) is 0 Å². The number of aromatic carboxylic acids is 1. The number of halogens is 2. The standard InChI is InChI=1S/C6H3Cl2NO2.3C3H8O.H3N/c7-3-1-2-9-5(4(3)8)6(10)11;3*1-3(2)4;/h1-2H,(H,10,11);3*3-4H,1-2H3;1H3. The third-order valence-electron chi connectivity index (χ3n) is 1.04. The van der Waals surface area contributed by atoms with Gasteiger partial charge in [0.1, 0.15) is 0 Å². The lowest BCUT2D eigenvalue weighted by molar-refractivity contribution is 0.0690. The van der Waals surface area contributed by atoms with Gasteiger partial charge in [-0.05, 0) is 47.6 Å². The van der Waals surface area contributed by atoms with Gasteiger partial charge in [-0.1, -0.05) is 23.2 Å². The molecule has 0 saturated carbocycles. The minimum Gasteiger partial charge on any atom is -0.476 e. The van der Waals surface area contributed by atoms with Crippen molar-refractivity contribution in [3.05, 3.63) is 28.0 Å². The minimum atomic E-state index is -1.18. The number of carboxylic acids is 1. The van der Waals surface area contributed by atoms with Gasteiger partial charge in [-0.25, -0.2) is 9.78 Å². The van der Waals surface area contributed by atoms with Gasteiger partial charge in [0, 0.05) is 24.5 Å². The molecule has 0 aliphatic carbocycles. The first-order valence-electron chi connectivity index (χ1n) is 6.90. The van der Waals surface area contributed by atoms with Gasteiger partial charge < -0.3 is 26.6 Å². The highest BCUT2D eigenvalue weighted by Crippen LogP contribution is 2.23. The third-order valence-corrected chi connectivity index (χ3v) is 1.84. The van der Waals surface area contributed by atoms with Gasteiger partial charge in [-0.15, -0.1) is 0 Å². The molecular weight excluding hydrogens is 359 g/mol. The van der Waals surface area contributed by atoms with Crippen molar-refractivity contribution < 1.29 is 25.2 Å². The smallest absolute Gasteiger partial charge is 0.356 e. The molecular formula is C15H30Cl2N2O5. The maximum absolute atomic E-state index is 10.4. The highest BCUT2D eigenvalue weighted by Gasteiger charge is 2.11. The van der Waals surface area contributed by atoms with E-state index >= 15 is 0 Å². The zero-order chi connectivity index (χ0) is 19.2. The summed E-state index contributed by atoms with van der Waals surface area (Å²) >= 11 is 11.0. The van der Waals surface area contributed by atoms with Crippen molar-refractivity contribution >= 4 is 29.2 Å². The Kier molecular flexibility index (Phi) is 23.6. The van der Waals surface area contributed by atoms with Crippen LogP contribution in [0.3, 0.4) is 0 Å². The lowest BCUT2D eigenvalue weighted by atomic mass is 10.3. The molecule has 7 nitrogen and oxygen atoms in total. The van der Waals surface area contributed by atoms with E-state index in [-0.39, 0.29) is 40.2 Å². The van der Waals surface area contributed by atoms with Crippen LogP contribution in [0.2, 0.25) is 10.0 Å². The lowest BCUT2D eigenvalue weighted by Crippen LogP contribution is -2.00. The molecule has 0 fully saturated rings. The van der Waals surface area contributed by atoms with Gasteiger partial charge in [0.05, 0.1) is 10.0 Å². The van der Waals surface area contributed by atoms with E-state index < -0.39 is 5.97 Å². The minimum absolute atomic E-state index is 0. The second kappa shape index (κ2) is 18.4. The average Bonchev–Trinajstić information content (AvgIpc) is 2.30. The predicted octanol–water partition coefficient (Wildman–Crippen LogP) is 3.41. The number of rotatable bonds is 1. The Bertz CT molecular complexity index is 408. The number of hydrogen-bond acceptors (Lipinski definition) is 6. The first-order valence-corrected chi connectivity index (χ1v) is 7.65. The van der Waals surface area contributed by atoms with Gasteiger partial charge in [0.2, 0.25) is 0 Å². The van der Waals surface area contributed by atoms with E-state index in [1.54, 1.807) is 41.5 Å². The zero-order valence-corrected chi connectivity index (χ0v) is 16.5. The molecule has 7 N–H and O–H groups in total. The molecule has 9 heteroatoms. The van der Waals surface area contributed by atoms with E-state index in [0.717, 1.165) is 0 Å². The van der Waals surface area contributed by atoms with Crippen molar-refractivity contribution in [1.82, 2.24) is 11.1 Å². The monoisotopic (exact) mass is 388 g/mol. The van der Waals surface area contributed by atoms with Crippen molar-refractivity contribution in [3.8, 4) is 0 Å². The molecule has 0 unspecified atom stereocenters. The maximum atomic E-state index is 10.4. The fourth-order valence-electron chi connectivity index (χ4n) is 0.569. The first-order chi connectivity index (χ1) is 10.3. The number of aliphatic hydroxyl groups is 3. The van der Waals surface area contributed by atoms with Crippen molar-refractivity contribution in [1.29, 1.82) is 0 Å². The summed E-state index contributed by atoms with van der Waals surface area (Å²) in [5.74, 6) is -1.18. The Morgan fingerprint density at radius 2 is 1.25 bits per heavy atom. The Balaban J connectivity index is -0.000000130. The van der Waals surface area contributed by atoms with E-state index in [2.05, 4.69) is 4.98 Å². The topological polar surface area (TPSA) is 146 Å². The highest BCUT2D eigenvalue weighted by atomic mass is 35.5. The number of carboxylic acid groups (broad SMARTS) is 1. The largest absolute Gasteiger partial charge is 0.476 e. The molecule has 1 rings (SSSR count). The zero-order valence-electron chi connectivity index (χ0n) is 15.0. The molecule has 1 aromatic heterocycles. The van der Waals surface area contributed by atoms with Crippen LogP contribution in [-0.2, 0) is 0 Å². The highest BCUT2D eigenvalue weighted by molar-refractivity contribution is 6.43. The molecule has 0 bridgehead atoms. The van der Waals surface area contributed by atoms with Gasteiger partial charge in [0.15, 0.2) is 5.69 Å². The lowest BCUT2D eigenvalue weighted by Gasteiger charge is -1.97. The summed E-state index contributed by atoms with van der Waals surface area (Å²) in [5, 5.41) is 32.8. The summed E-state index contributed by atoms with van der Waals surface area (Å²) in [4.78, 5) is 13.9. The Labute approximate surface area is 153 Å². The SMILES string of the molecule is CC(C)O.CC(C)O.CC(C)O.N.O=C(O)c1nccc(Cl)c1Cl. The van der Waals surface area contributed by atoms with E-state index in [1.807, 2.05) is 0 Å². The van der Waals surface area contributed by atoms with E-state index in [9.17, 15) is 4.79 Å². The van der Waals surface area contributed by atoms with Crippen LogP contribution >= 0.6 is 23.2 Å². The van der Waals surface area contributed by atoms with Crippen LogP contribution in [0.5, 0.6) is 0 Å². The number of nitrogens with zero attached hydrogens (tertiary/aromatic N) is 1. The summed E-state index contributed by atoms with van der Waals surface area (Å²) in [6.07, 6.45) is 0.789. The molecule has 1 heterocycles. The molecule has 0 aliphatic rings. The summed E-state index contributed by atoms with van der Waals surface area (Å²) in [6, 6.07) is 1.43. The van der Waals surface area contributed by atoms with Crippen LogP contribution < -0.4 is 6.15 Å². The number of hydrogen-bond donors (Lipinski definition) is 5. The number of carbonyl (C=O) groups is 1. The van der Waals surface area contributed by atoms with E-state index in [4.69, 9.17) is 43.6 Å². The van der Waals surface area contributed by atoms with Crippen molar-refractivity contribution in [2.24, 2.45) is 0 Å². The number of aromatic nitrogens is 1. The molecule has 0 amide bonds. The quantitative estimate of drug-likeness (QED) is 0.495. The van der Waals surface area contributed by atoms with Crippen LogP contribution in [-0.4, -0.2) is 49.7 Å². The molecule has 0 aliphatic heterocycles. The number of aliphatic hydroxyl groups excluding tert-OH is 3. The summed E-state index contributed by atoms with van der Waals surface area (Å²) in [7, 11) is 0. The van der Waals surface area contributed by atoms with Crippen LogP contribution in [0.1, 0.15) is 52.0 Å². The van der Waals surface area contributed by atoms with Crippen LogP contribution in [0.15, 0.2) is 12.3 Å². The summed E-state index contributed by atoms with van der Waals surface area (Å²) < 4.78 is 0. The van der Waals surface area contributed by atoms with Crippen LogP contribution in [0.4, 0.5) is 0 Å². The molecule has 0 aromatic carbocycles. The molecule has 0 radical (unpaired) electrons. The van der Waals surface area contributed by atoms with Gasteiger partial charge in [-0.2, -0.15) is 0 Å². The van der Waals surface area contributed by atoms with Crippen LogP contribution in [0, 0.1) is 0 Å². The maximum Gasteiger partial charge on any atom is 0.356 e. The summed E-state index contributed by atoms with van der Waals surface area (Å²) in [5.41, 5.74) is -0.223. The molecule has 144 valence electrons.